The Morgan fingerprint density at radius 3 is 1.87 bits per heavy atom. The average Bonchev–Trinajstić information content (AvgIpc) is 3.82. The molecule has 77 heavy (non-hydrogen) atoms. The molecule has 5 aromatic carbocycles. The summed E-state index contributed by atoms with van der Waals surface area (Å²) in [4.78, 5) is 39.7. The smallest absolute Gasteiger partial charge is 0.271 e. The number of hydrazone groups is 1. The van der Waals surface area contributed by atoms with Gasteiger partial charge in [0.2, 0.25) is 5.91 Å². The molecule has 0 spiro atoms. The van der Waals surface area contributed by atoms with E-state index >= 15 is 0 Å². The van der Waals surface area contributed by atoms with E-state index in [1.165, 1.54) is 22.4 Å². The van der Waals surface area contributed by atoms with E-state index in [1.54, 1.807) is 76.1 Å². The van der Waals surface area contributed by atoms with Crippen molar-refractivity contribution in [2.75, 3.05) is 72.9 Å². The second-order valence-corrected chi connectivity index (χ2v) is 19.4. The van der Waals surface area contributed by atoms with Crippen LogP contribution in [0.5, 0.6) is 17.2 Å². The van der Waals surface area contributed by atoms with Gasteiger partial charge in [-0.05, 0) is 142 Å². The molecule has 0 bridgehead atoms. The lowest BCUT2D eigenvalue weighted by Gasteiger charge is -2.39. The molecule has 1 saturated carbocycles. The maximum Gasteiger partial charge on any atom is 0.271 e. The number of ether oxygens (including phenoxy) is 6. The van der Waals surface area contributed by atoms with Gasteiger partial charge in [-0.25, -0.2) is 5.43 Å². The number of carbonyl (C=O) groups excluding carboxylic acids is 3. The van der Waals surface area contributed by atoms with Gasteiger partial charge in [0.25, 0.3) is 5.91 Å². The Balaban J connectivity index is 0.000000238. The number of nitrogens with one attached hydrogen (secondary N) is 1. The Labute approximate surface area is 456 Å². The summed E-state index contributed by atoms with van der Waals surface area (Å²) in [7, 11) is 6.74. The zero-order valence-electron chi connectivity index (χ0n) is 46.2. The van der Waals surface area contributed by atoms with Crippen LogP contribution in [-0.2, 0) is 37.3 Å². The number of amides is 2. The third kappa shape index (κ3) is 15.4. The lowest BCUT2D eigenvalue weighted by Crippen LogP contribution is -2.40. The molecule has 0 radical (unpaired) electrons. The number of likely N-dealkylation sites (N-methyl/N-ethyl adjacent to an activating group) is 1. The summed E-state index contributed by atoms with van der Waals surface area (Å²) in [5, 5.41) is 4.24. The van der Waals surface area contributed by atoms with Crippen LogP contribution in [-0.4, -0.2) is 109 Å². The van der Waals surface area contributed by atoms with Gasteiger partial charge in [-0.1, -0.05) is 79.7 Å². The Morgan fingerprint density at radius 1 is 0.701 bits per heavy atom. The van der Waals surface area contributed by atoms with Crippen molar-refractivity contribution in [2.24, 2.45) is 22.2 Å². The maximum absolute atomic E-state index is 12.7. The summed E-state index contributed by atoms with van der Waals surface area (Å²) >= 11 is 0. The minimum absolute atomic E-state index is 0. The van der Waals surface area contributed by atoms with Gasteiger partial charge in [-0.2, -0.15) is 5.10 Å². The average molecular weight is 1050 g/mol. The van der Waals surface area contributed by atoms with Crippen molar-refractivity contribution in [1.29, 1.82) is 0 Å². The van der Waals surface area contributed by atoms with Gasteiger partial charge in [-0.3, -0.25) is 14.4 Å². The molecule has 412 valence electrons. The number of allylic oxidation sites excluding steroid dienone is 4. The van der Waals surface area contributed by atoms with Crippen molar-refractivity contribution in [3.63, 3.8) is 0 Å². The monoisotopic (exact) mass is 1050 g/mol. The molecular weight excluding hydrogens is 973 g/mol. The number of benzene rings is 5. The van der Waals surface area contributed by atoms with Crippen LogP contribution in [0, 0.1) is 11.3 Å². The summed E-state index contributed by atoms with van der Waals surface area (Å²) in [5.74, 6) is 1.82. The number of primary amides is 1. The van der Waals surface area contributed by atoms with Crippen LogP contribution in [0.4, 0.5) is 5.69 Å². The quantitative estimate of drug-likeness (QED) is 0.0207. The standard InChI is InChI=1S/C31H35N3O4.C21H29NO2.C10H13NO3.H3N/c1-5-34-28-15-14-25(37-4)21-27(28)31(2,22-23-10-7-6-8-11-23)29(34)16-17-32-33-30(35)24-12-9-13-26(20-24)38-19-18-36-3;1-4-22-19-11-10-17(24-3)14-18(19)21(2,20(22)12-13-23)15-16-8-6-5-7-9-16;1-13-5-6-14-9-4-2-3-8(7-9)10(11)12;/h6-17,20-21H,5,18-19,22H2,1-4H3,(H,33,35);5-9,12-13,17-19H,4,10-11,14-15H2,1-3H3;2-4,7H,5-6H2,1H3,(H2,11,12);1H3/b29-16-,32-17+;20-12-;;. The molecule has 6 N–H and O–H groups in total. The second kappa shape index (κ2) is 29.9. The molecule has 0 aromatic heterocycles. The van der Waals surface area contributed by atoms with Crippen LogP contribution in [0.25, 0.3) is 0 Å². The fourth-order valence-corrected chi connectivity index (χ4v) is 11.0. The zero-order chi connectivity index (χ0) is 54.5. The number of likely N-dealkylation sites (tertiary alicyclic amines) is 1. The van der Waals surface area contributed by atoms with Gasteiger partial charge in [0.15, 0.2) is 0 Å². The predicted octanol–water partition coefficient (Wildman–Crippen LogP) is 10.2. The number of carbonyl (C=O) groups is 3. The van der Waals surface area contributed by atoms with E-state index in [1.807, 2.05) is 31.4 Å². The molecule has 15 heteroatoms. The van der Waals surface area contributed by atoms with E-state index < -0.39 is 5.91 Å². The third-order valence-electron chi connectivity index (χ3n) is 14.7. The van der Waals surface area contributed by atoms with E-state index in [0.29, 0.717) is 67.1 Å². The number of anilines is 1. The Bertz CT molecular complexity index is 2750. The van der Waals surface area contributed by atoms with E-state index in [0.717, 1.165) is 68.6 Å². The molecule has 2 amide bonds. The van der Waals surface area contributed by atoms with Gasteiger partial charge in [-0.15, -0.1) is 0 Å². The lowest BCUT2D eigenvalue weighted by atomic mass is 9.66. The number of methoxy groups -OCH3 is 4. The number of fused-ring (bicyclic) bond motifs is 2. The molecule has 1 saturated heterocycles. The SMILES string of the molecule is CCN1/C(=C\C=N\NC(=O)c2cccc(OCCOC)c2)C(C)(Cc2ccccc2)c2cc(OC)ccc21.CCN1/C(=C\C=O)C(C)(Cc2ccccc2)C2CC(OC)CCC21.COCCOc1cccc(C(N)=O)c1.N. The zero-order valence-corrected chi connectivity index (χ0v) is 46.2. The number of hydrogen-bond donors (Lipinski definition) is 3. The molecule has 2 heterocycles. The topological polar surface area (TPSA) is 198 Å². The molecule has 5 aromatic rings. The third-order valence-corrected chi connectivity index (χ3v) is 14.7. The summed E-state index contributed by atoms with van der Waals surface area (Å²) in [6.45, 7) is 12.6. The van der Waals surface area contributed by atoms with Gasteiger partial charge in [0.1, 0.15) is 36.7 Å². The number of rotatable bonds is 21. The van der Waals surface area contributed by atoms with Crippen molar-refractivity contribution >= 4 is 30.0 Å². The Hall–Kier alpha value is -7.30. The Kier molecular flexibility index (Phi) is 23.5. The van der Waals surface area contributed by atoms with Crippen molar-refractivity contribution in [3.8, 4) is 17.2 Å². The van der Waals surface area contributed by atoms with Crippen LogP contribution in [0.2, 0.25) is 0 Å². The molecular formula is C62H80N6O9. The van der Waals surface area contributed by atoms with E-state index in [9.17, 15) is 14.4 Å². The molecule has 2 aliphatic heterocycles. The number of nitrogens with zero attached hydrogens (tertiary/aromatic N) is 3. The second-order valence-electron chi connectivity index (χ2n) is 19.4. The fourth-order valence-electron chi connectivity index (χ4n) is 11.0. The van der Waals surface area contributed by atoms with Gasteiger partial charge >= 0.3 is 0 Å². The summed E-state index contributed by atoms with van der Waals surface area (Å²) < 4.78 is 32.0. The van der Waals surface area contributed by atoms with Crippen molar-refractivity contribution in [2.45, 2.75) is 77.4 Å². The van der Waals surface area contributed by atoms with Crippen LogP contribution in [0.1, 0.15) is 84.4 Å². The van der Waals surface area contributed by atoms with Gasteiger partial charge in [0, 0.05) is 85.7 Å². The minimum atomic E-state index is -0.456. The molecule has 8 rings (SSSR count). The van der Waals surface area contributed by atoms with E-state index in [2.05, 4.69) is 115 Å². The molecule has 5 atom stereocenters. The van der Waals surface area contributed by atoms with Gasteiger partial charge in [0.05, 0.1) is 26.4 Å². The first-order valence-corrected chi connectivity index (χ1v) is 26.1. The van der Waals surface area contributed by atoms with Crippen LogP contribution in [0.15, 0.2) is 156 Å². The van der Waals surface area contributed by atoms with E-state index in [4.69, 9.17) is 34.2 Å². The highest BCUT2D eigenvalue weighted by Crippen LogP contribution is 2.55. The van der Waals surface area contributed by atoms with Crippen LogP contribution >= 0.6 is 0 Å². The lowest BCUT2D eigenvalue weighted by molar-refractivity contribution is -0.104. The van der Waals surface area contributed by atoms with Crippen LogP contribution < -0.4 is 36.4 Å². The number of hydrogen-bond acceptors (Lipinski definition) is 13. The van der Waals surface area contributed by atoms with E-state index in [-0.39, 0.29) is 22.9 Å². The Morgan fingerprint density at radius 2 is 1.31 bits per heavy atom. The normalized spacial score (nSPS) is 21.2. The van der Waals surface area contributed by atoms with Gasteiger partial charge < -0.3 is 50.1 Å². The first-order valence-electron chi connectivity index (χ1n) is 26.1. The molecule has 15 nitrogen and oxygen atoms in total. The number of nitrogens with two attached hydrogens (primary N) is 1. The highest BCUT2D eigenvalue weighted by Gasteiger charge is 2.54. The highest BCUT2D eigenvalue weighted by molar-refractivity contribution is 5.95. The molecule has 3 aliphatic rings. The molecule has 2 fully saturated rings. The van der Waals surface area contributed by atoms with Crippen molar-refractivity contribution < 1.29 is 42.8 Å². The molecule has 5 unspecified atom stereocenters. The van der Waals surface area contributed by atoms with Crippen molar-refractivity contribution in [3.05, 3.63) is 179 Å². The van der Waals surface area contributed by atoms with Crippen molar-refractivity contribution in [1.82, 2.24) is 16.5 Å². The minimum Gasteiger partial charge on any atom is -0.497 e. The summed E-state index contributed by atoms with van der Waals surface area (Å²) in [5.41, 5.74) is 15.6. The predicted molar refractivity (Wildman–Crippen MR) is 305 cm³/mol. The summed E-state index contributed by atoms with van der Waals surface area (Å²) in [6.07, 6.45) is 11.9. The largest absolute Gasteiger partial charge is 0.497 e. The fraction of sp³-hybridized carbons (Fsp3) is 0.387. The van der Waals surface area contributed by atoms with Crippen LogP contribution in [0.3, 0.4) is 0 Å². The first-order chi connectivity index (χ1) is 36.9. The first kappa shape index (κ1) is 60.6. The summed E-state index contributed by atoms with van der Waals surface area (Å²) in [6, 6.07) is 41.6. The number of aldehydes is 1. The maximum atomic E-state index is 12.7. The highest BCUT2D eigenvalue weighted by atomic mass is 16.5. The molecule has 1 aliphatic carbocycles.